The Balaban J connectivity index is 2.62. The van der Waals surface area contributed by atoms with Crippen LogP contribution in [0.2, 0.25) is 0 Å². The van der Waals surface area contributed by atoms with Gasteiger partial charge in [0.05, 0.1) is 13.2 Å². The maximum absolute atomic E-state index is 10.9. The summed E-state index contributed by atoms with van der Waals surface area (Å²) in [5.74, 6) is -0.639. The number of amides is 1. The summed E-state index contributed by atoms with van der Waals surface area (Å²) in [6.07, 6.45) is -13.0. The van der Waals surface area contributed by atoms with Crippen molar-refractivity contribution in [1.29, 1.82) is 0 Å². The first-order valence-corrected chi connectivity index (χ1v) is 7.82. The molecule has 12 heteroatoms. The number of rotatable bonds is 9. The van der Waals surface area contributed by atoms with Gasteiger partial charge in [0.1, 0.15) is 55.1 Å². The fourth-order valence-electron chi connectivity index (χ4n) is 2.37. The predicted molar refractivity (Wildman–Crippen MR) is 81.4 cm³/mol. The molecule has 152 valence electrons. The van der Waals surface area contributed by atoms with Crippen molar-refractivity contribution in [3.63, 3.8) is 0 Å². The van der Waals surface area contributed by atoms with Crippen molar-refractivity contribution in [2.45, 2.75) is 62.0 Å². The second-order valence-electron chi connectivity index (χ2n) is 5.94. The average Bonchev–Trinajstić information content (AvgIpc) is 2.61. The highest BCUT2D eigenvalue weighted by atomic mass is 16.7. The summed E-state index contributed by atoms with van der Waals surface area (Å²) in [6.45, 7) is -0.284. The molecule has 0 aromatic carbocycles. The van der Waals surface area contributed by atoms with Crippen LogP contribution in [-0.2, 0) is 19.1 Å². The van der Waals surface area contributed by atoms with Crippen LogP contribution in [0.4, 0.5) is 0 Å². The molecule has 0 unspecified atom stereocenters. The average molecular weight is 383 g/mol. The molecule has 0 aromatic heterocycles. The molecule has 26 heavy (non-hydrogen) atoms. The molecule has 1 saturated heterocycles. The molecule has 12 nitrogen and oxygen atoms in total. The van der Waals surface area contributed by atoms with E-state index < -0.39 is 74.2 Å². The second kappa shape index (κ2) is 10.2. The lowest BCUT2D eigenvalue weighted by Gasteiger charge is -2.40. The Hall–Kier alpha value is -1.22. The summed E-state index contributed by atoms with van der Waals surface area (Å²) in [4.78, 5) is 21.8. The summed E-state index contributed by atoms with van der Waals surface area (Å²) in [5.41, 5.74) is 0. The minimum absolute atomic E-state index is 0.181. The van der Waals surface area contributed by atoms with Gasteiger partial charge in [-0.3, -0.25) is 4.79 Å². The van der Waals surface area contributed by atoms with Gasteiger partial charge in [-0.15, -0.1) is 0 Å². The van der Waals surface area contributed by atoms with E-state index in [4.69, 9.17) is 14.6 Å². The van der Waals surface area contributed by atoms with Gasteiger partial charge in [-0.1, -0.05) is 0 Å². The van der Waals surface area contributed by atoms with Crippen LogP contribution in [0.5, 0.6) is 0 Å². The lowest BCUT2D eigenvalue weighted by molar-refractivity contribution is -0.306. The normalized spacial score (nSPS) is 33.8. The molecule has 1 aliphatic heterocycles. The van der Waals surface area contributed by atoms with Crippen molar-refractivity contribution in [3.8, 4) is 0 Å². The number of carbonyl (C=O) groups is 2. The SMILES string of the molecule is CC(=O)N[C@@H](C=O)[C@@H](O)[C@H](O)[C@H](O)CO[C@H]1O[C@H](CO)[C@@H](O)[C@H](O)[C@H]1O. The van der Waals surface area contributed by atoms with E-state index in [0.29, 0.717) is 0 Å². The van der Waals surface area contributed by atoms with E-state index in [-0.39, 0.29) is 6.29 Å². The van der Waals surface area contributed by atoms with Crippen LogP contribution >= 0.6 is 0 Å². The van der Waals surface area contributed by atoms with Crippen LogP contribution in [-0.4, -0.2) is 116 Å². The van der Waals surface area contributed by atoms with Crippen LogP contribution < -0.4 is 5.32 Å². The maximum Gasteiger partial charge on any atom is 0.217 e. The van der Waals surface area contributed by atoms with E-state index in [2.05, 4.69) is 5.32 Å². The Morgan fingerprint density at radius 2 is 1.77 bits per heavy atom. The van der Waals surface area contributed by atoms with Gasteiger partial charge < -0.3 is 55.3 Å². The smallest absolute Gasteiger partial charge is 0.217 e. The summed E-state index contributed by atoms with van der Waals surface area (Å²) in [7, 11) is 0. The Labute approximate surface area is 148 Å². The predicted octanol–water partition coefficient (Wildman–Crippen LogP) is -5.41. The van der Waals surface area contributed by atoms with E-state index >= 15 is 0 Å². The van der Waals surface area contributed by atoms with Crippen molar-refractivity contribution >= 4 is 12.2 Å². The topological polar surface area (TPSA) is 206 Å². The quantitative estimate of drug-likeness (QED) is 0.176. The van der Waals surface area contributed by atoms with E-state index in [1.807, 2.05) is 0 Å². The highest BCUT2D eigenvalue weighted by Crippen LogP contribution is 2.22. The number of aliphatic hydroxyl groups is 7. The Kier molecular flexibility index (Phi) is 8.95. The van der Waals surface area contributed by atoms with Gasteiger partial charge >= 0.3 is 0 Å². The number of aldehydes is 1. The van der Waals surface area contributed by atoms with Crippen molar-refractivity contribution in [2.75, 3.05) is 13.2 Å². The molecule has 0 spiro atoms. The van der Waals surface area contributed by atoms with Gasteiger partial charge in [0.15, 0.2) is 6.29 Å². The number of carbonyl (C=O) groups excluding carboxylic acids is 2. The fraction of sp³-hybridized carbons (Fsp3) is 0.857. The molecular formula is C14H25NO11. The molecule has 0 aliphatic carbocycles. The highest BCUT2D eigenvalue weighted by Gasteiger charge is 2.44. The third-order valence-corrected chi connectivity index (χ3v) is 3.91. The van der Waals surface area contributed by atoms with Gasteiger partial charge in [-0.2, -0.15) is 0 Å². The van der Waals surface area contributed by atoms with Gasteiger partial charge in [-0.25, -0.2) is 0 Å². The van der Waals surface area contributed by atoms with Gasteiger partial charge in [0, 0.05) is 6.92 Å². The van der Waals surface area contributed by atoms with Crippen LogP contribution in [0.25, 0.3) is 0 Å². The lowest BCUT2D eigenvalue weighted by Crippen LogP contribution is -2.59. The minimum Gasteiger partial charge on any atom is -0.394 e. The Bertz CT molecular complexity index is 462. The van der Waals surface area contributed by atoms with E-state index in [9.17, 15) is 40.2 Å². The zero-order valence-electron chi connectivity index (χ0n) is 14.0. The molecular weight excluding hydrogens is 358 g/mol. The zero-order chi connectivity index (χ0) is 20.0. The second-order valence-corrected chi connectivity index (χ2v) is 5.94. The van der Waals surface area contributed by atoms with E-state index in [1.54, 1.807) is 0 Å². The summed E-state index contributed by atoms with van der Waals surface area (Å²) >= 11 is 0. The van der Waals surface area contributed by atoms with Gasteiger partial charge in [0.2, 0.25) is 5.91 Å². The molecule has 1 aliphatic rings. The number of ether oxygens (including phenoxy) is 2. The van der Waals surface area contributed by atoms with Crippen LogP contribution in [0.1, 0.15) is 6.92 Å². The van der Waals surface area contributed by atoms with Crippen molar-refractivity contribution in [2.24, 2.45) is 0 Å². The molecule has 0 saturated carbocycles. The molecule has 0 radical (unpaired) electrons. The van der Waals surface area contributed by atoms with Crippen molar-refractivity contribution in [1.82, 2.24) is 5.32 Å². The number of nitrogens with one attached hydrogen (secondary N) is 1. The highest BCUT2D eigenvalue weighted by molar-refractivity contribution is 5.77. The Morgan fingerprint density at radius 3 is 2.27 bits per heavy atom. The molecule has 1 amide bonds. The molecule has 8 N–H and O–H groups in total. The number of hydrogen-bond acceptors (Lipinski definition) is 11. The van der Waals surface area contributed by atoms with Crippen molar-refractivity contribution in [3.05, 3.63) is 0 Å². The summed E-state index contributed by atoms with van der Waals surface area (Å²) in [5, 5.41) is 69.7. The lowest BCUT2D eigenvalue weighted by atomic mass is 9.99. The molecule has 0 aromatic rings. The third kappa shape index (κ3) is 5.64. The zero-order valence-corrected chi connectivity index (χ0v) is 14.0. The van der Waals surface area contributed by atoms with Crippen molar-refractivity contribution < 1.29 is 54.8 Å². The first kappa shape index (κ1) is 22.8. The van der Waals surface area contributed by atoms with Gasteiger partial charge in [0.25, 0.3) is 0 Å². The van der Waals surface area contributed by atoms with Crippen LogP contribution in [0.15, 0.2) is 0 Å². The molecule has 1 rings (SSSR count). The summed E-state index contributed by atoms with van der Waals surface area (Å²) < 4.78 is 10.1. The Morgan fingerprint density at radius 1 is 1.15 bits per heavy atom. The maximum atomic E-state index is 10.9. The van der Waals surface area contributed by atoms with E-state index in [0.717, 1.165) is 6.92 Å². The summed E-state index contributed by atoms with van der Waals surface area (Å²) in [6, 6.07) is -1.47. The molecule has 1 fully saturated rings. The fourth-order valence-corrected chi connectivity index (χ4v) is 2.37. The first-order chi connectivity index (χ1) is 12.1. The monoisotopic (exact) mass is 383 g/mol. The number of aliphatic hydroxyl groups excluding tert-OH is 7. The molecule has 1 heterocycles. The largest absolute Gasteiger partial charge is 0.394 e. The van der Waals surface area contributed by atoms with Crippen LogP contribution in [0, 0.1) is 0 Å². The number of hydrogen-bond donors (Lipinski definition) is 8. The molecule has 0 bridgehead atoms. The van der Waals surface area contributed by atoms with E-state index in [1.165, 1.54) is 0 Å². The first-order valence-electron chi connectivity index (χ1n) is 7.82. The van der Waals surface area contributed by atoms with Crippen LogP contribution in [0.3, 0.4) is 0 Å². The molecule has 9 atom stereocenters. The minimum atomic E-state index is -1.90. The third-order valence-electron chi connectivity index (χ3n) is 3.91. The standard InChI is InChI=1S/C14H25NO11/c1-5(18)15-6(2-16)9(20)10(21)7(19)4-25-14-13(24)12(23)11(22)8(3-17)26-14/h2,6-14,17,19-24H,3-4H2,1H3,(H,15,18)/t6-,7+,8+,9+,10+,11+,12-,13+,14-/m0/s1. The van der Waals surface area contributed by atoms with Gasteiger partial charge in [-0.05, 0) is 0 Å².